The van der Waals surface area contributed by atoms with E-state index >= 15 is 0 Å². The third-order valence-corrected chi connectivity index (χ3v) is 2.12. The van der Waals surface area contributed by atoms with Crippen LogP contribution < -0.4 is 4.74 Å². The Bertz CT molecular complexity index is 343. The number of hydrogen-bond acceptors (Lipinski definition) is 1. The molecule has 1 aromatic carbocycles. The van der Waals surface area contributed by atoms with Crippen molar-refractivity contribution in [2.75, 3.05) is 7.11 Å². The van der Waals surface area contributed by atoms with E-state index in [1.165, 1.54) is 13.2 Å². The van der Waals surface area contributed by atoms with Crippen LogP contribution in [0.4, 0.5) is 4.39 Å². The Morgan fingerprint density at radius 3 is 2.44 bits per heavy atom. The van der Waals surface area contributed by atoms with Gasteiger partial charge in [0.05, 0.1) is 7.11 Å². The molecule has 2 heteroatoms. The van der Waals surface area contributed by atoms with Crippen molar-refractivity contribution in [2.45, 2.75) is 34.1 Å². The smallest absolute Gasteiger partial charge is 0.165 e. The van der Waals surface area contributed by atoms with Crippen molar-refractivity contribution in [3.63, 3.8) is 0 Å². The van der Waals surface area contributed by atoms with Gasteiger partial charge in [0.1, 0.15) is 0 Å². The molecule has 16 heavy (non-hydrogen) atoms. The Morgan fingerprint density at radius 2 is 2.00 bits per heavy atom. The molecule has 0 aromatic heterocycles. The fourth-order valence-corrected chi connectivity index (χ4v) is 1.34. The Kier molecular flexibility index (Phi) is 7.27. The van der Waals surface area contributed by atoms with E-state index in [-0.39, 0.29) is 11.6 Å². The van der Waals surface area contributed by atoms with Crippen LogP contribution in [0.3, 0.4) is 0 Å². The largest absolute Gasteiger partial charge is 0.494 e. The topological polar surface area (TPSA) is 9.23 Å². The number of benzene rings is 1. The quantitative estimate of drug-likeness (QED) is 0.724. The molecule has 0 saturated heterocycles. The summed E-state index contributed by atoms with van der Waals surface area (Å²) < 4.78 is 18.1. The van der Waals surface area contributed by atoms with Gasteiger partial charge < -0.3 is 4.74 Å². The predicted octanol–water partition coefficient (Wildman–Crippen LogP) is 4.67. The van der Waals surface area contributed by atoms with Crippen LogP contribution in [0.1, 0.15) is 39.7 Å². The second-order valence-corrected chi connectivity index (χ2v) is 3.14. The summed E-state index contributed by atoms with van der Waals surface area (Å²) >= 11 is 0. The molecule has 0 spiro atoms. The standard InChI is InChI=1S/C12H15FO.C2H6/c1-4-5-9(2)10-6-7-12(14-3)11(13)8-10;1-2/h5-8H,4H2,1-3H3;1-2H3/b9-5+;. The zero-order chi connectivity index (χ0) is 12.6. The minimum absolute atomic E-state index is 0.290. The van der Waals surface area contributed by atoms with E-state index < -0.39 is 0 Å². The second-order valence-electron chi connectivity index (χ2n) is 3.14. The SMILES string of the molecule is CC.CC/C=C(\C)c1ccc(OC)c(F)c1. The van der Waals surface area contributed by atoms with Crippen molar-refractivity contribution in [1.82, 2.24) is 0 Å². The maximum Gasteiger partial charge on any atom is 0.165 e. The van der Waals surface area contributed by atoms with Gasteiger partial charge in [-0.25, -0.2) is 4.39 Å². The van der Waals surface area contributed by atoms with Crippen LogP contribution in [0.25, 0.3) is 5.57 Å². The summed E-state index contributed by atoms with van der Waals surface area (Å²) in [5, 5.41) is 0. The average Bonchev–Trinajstić information content (AvgIpc) is 2.32. The maximum absolute atomic E-state index is 13.3. The molecule has 0 saturated carbocycles. The second kappa shape index (κ2) is 7.91. The van der Waals surface area contributed by atoms with E-state index in [0.29, 0.717) is 0 Å². The Labute approximate surface area is 97.9 Å². The lowest BCUT2D eigenvalue weighted by molar-refractivity contribution is 0.386. The lowest BCUT2D eigenvalue weighted by Crippen LogP contribution is -1.89. The first-order valence-corrected chi connectivity index (χ1v) is 5.69. The first kappa shape index (κ1) is 14.7. The predicted molar refractivity (Wildman–Crippen MR) is 68.2 cm³/mol. The first-order chi connectivity index (χ1) is 7.69. The van der Waals surface area contributed by atoms with Gasteiger partial charge in [-0.2, -0.15) is 0 Å². The van der Waals surface area contributed by atoms with Crippen LogP contribution in [0.5, 0.6) is 5.75 Å². The number of methoxy groups -OCH3 is 1. The van der Waals surface area contributed by atoms with E-state index in [0.717, 1.165) is 17.6 Å². The highest BCUT2D eigenvalue weighted by molar-refractivity contribution is 5.64. The van der Waals surface area contributed by atoms with Crippen molar-refractivity contribution in [2.24, 2.45) is 0 Å². The minimum atomic E-state index is -0.311. The van der Waals surface area contributed by atoms with Gasteiger partial charge in [0.2, 0.25) is 0 Å². The molecule has 0 heterocycles. The molecule has 0 aliphatic rings. The third kappa shape index (κ3) is 4.05. The van der Waals surface area contributed by atoms with Gasteiger partial charge >= 0.3 is 0 Å². The van der Waals surface area contributed by atoms with Crippen molar-refractivity contribution in [3.05, 3.63) is 35.7 Å². The van der Waals surface area contributed by atoms with Crippen LogP contribution in [0.15, 0.2) is 24.3 Å². The fourth-order valence-electron chi connectivity index (χ4n) is 1.34. The van der Waals surface area contributed by atoms with Gasteiger partial charge in [-0.15, -0.1) is 0 Å². The molecule has 1 nitrogen and oxygen atoms in total. The Balaban J connectivity index is 0.00000106. The van der Waals surface area contributed by atoms with Gasteiger partial charge in [-0.3, -0.25) is 0 Å². The molecule has 1 aromatic rings. The molecule has 0 bridgehead atoms. The summed E-state index contributed by atoms with van der Waals surface area (Å²) in [6.07, 6.45) is 3.03. The molecular formula is C14H21FO. The number of ether oxygens (including phenoxy) is 1. The zero-order valence-electron chi connectivity index (χ0n) is 10.8. The molecule has 0 aliphatic heterocycles. The number of hydrogen-bond donors (Lipinski definition) is 0. The fraction of sp³-hybridized carbons (Fsp3) is 0.429. The first-order valence-electron chi connectivity index (χ1n) is 5.69. The van der Waals surface area contributed by atoms with Gasteiger partial charge in [-0.05, 0) is 36.6 Å². The highest BCUT2D eigenvalue weighted by Gasteiger charge is 2.03. The monoisotopic (exact) mass is 224 g/mol. The number of allylic oxidation sites excluding steroid dienone is 2. The van der Waals surface area contributed by atoms with Crippen LogP contribution >= 0.6 is 0 Å². The summed E-state index contributed by atoms with van der Waals surface area (Å²) in [7, 11) is 1.47. The summed E-state index contributed by atoms with van der Waals surface area (Å²) in [6, 6.07) is 5.02. The summed E-state index contributed by atoms with van der Waals surface area (Å²) in [4.78, 5) is 0. The molecule has 1 rings (SSSR count). The lowest BCUT2D eigenvalue weighted by Gasteiger charge is -2.05. The van der Waals surface area contributed by atoms with Crippen molar-refractivity contribution < 1.29 is 9.13 Å². The van der Waals surface area contributed by atoms with Crippen LogP contribution in [-0.4, -0.2) is 7.11 Å². The molecule has 0 radical (unpaired) electrons. The van der Waals surface area contributed by atoms with Gasteiger partial charge in [0, 0.05) is 0 Å². The molecule has 90 valence electrons. The lowest BCUT2D eigenvalue weighted by atomic mass is 10.1. The molecule has 0 aliphatic carbocycles. The van der Waals surface area contributed by atoms with E-state index in [1.807, 2.05) is 26.8 Å². The Morgan fingerprint density at radius 1 is 1.38 bits per heavy atom. The van der Waals surface area contributed by atoms with Crippen molar-refractivity contribution in [1.29, 1.82) is 0 Å². The molecule has 0 fully saturated rings. The van der Waals surface area contributed by atoms with E-state index in [1.54, 1.807) is 6.07 Å². The van der Waals surface area contributed by atoms with Crippen LogP contribution in [0, 0.1) is 5.82 Å². The highest BCUT2D eigenvalue weighted by atomic mass is 19.1. The summed E-state index contributed by atoms with van der Waals surface area (Å²) in [6.45, 7) is 8.04. The number of rotatable bonds is 3. The normalized spacial score (nSPS) is 10.5. The van der Waals surface area contributed by atoms with Crippen molar-refractivity contribution in [3.8, 4) is 5.75 Å². The van der Waals surface area contributed by atoms with Crippen molar-refractivity contribution >= 4 is 5.57 Å². The molecule has 0 unspecified atom stereocenters. The molecular weight excluding hydrogens is 203 g/mol. The van der Waals surface area contributed by atoms with E-state index in [4.69, 9.17) is 4.74 Å². The van der Waals surface area contributed by atoms with Gasteiger partial charge in [0.15, 0.2) is 11.6 Å². The van der Waals surface area contributed by atoms with E-state index in [9.17, 15) is 4.39 Å². The maximum atomic E-state index is 13.3. The number of halogens is 1. The molecule has 0 N–H and O–H groups in total. The van der Waals surface area contributed by atoms with Gasteiger partial charge in [-0.1, -0.05) is 32.9 Å². The zero-order valence-corrected chi connectivity index (χ0v) is 10.8. The van der Waals surface area contributed by atoms with E-state index in [2.05, 4.69) is 13.0 Å². The average molecular weight is 224 g/mol. The van der Waals surface area contributed by atoms with Crippen LogP contribution in [0.2, 0.25) is 0 Å². The summed E-state index contributed by atoms with van der Waals surface area (Å²) in [5.41, 5.74) is 2.00. The molecule has 0 atom stereocenters. The van der Waals surface area contributed by atoms with Crippen LogP contribution in [-0.2, 0) is 0 Å². The third-order valence-electron chi connectivity index (χ3n) is 2.12. The summed E-state index contributed by atoms with van der Waals surface area (Å²) in [5.74, 6) is -0.0214. The van der Waals surface area contributed by atoms with Gasteiger partial charge in [0.25, 0.3) is 0 Å². The molecule has 0 amide bonds. The highest BCUT2D eigenvalue weighted by Crippen LogP contribution is 2.22. The Hall–Kier alpha value is -1.31. The minimum Gasteiger partial charge on any atom is -0.494 e.